The number of aliphatic hydroxyl groups excluding tert-OH is 1. The molecular weight excluding hydrogens is 352 g/mol. The van der Waals surface area contributed by atoms with E-state index >= 15 is 0 Å². The highest BCUT2D eigenvalue weighted by Crippen LogP contribution is 2.48. The van der Waals surface area contributed by atoms with E-state index < -0.39 is 18.0 Å². The van der Waals surface area contributed by atoms with E-state index in [0.717, 1.165) is 11.6 Å². The van der Waals surface area contributed by atoms with E-state index in [1.54, 1.807) is 0 Å². The lowest BCUT2D eigenvalue weighted by atomic mass is 9.90. The zero-order chi connectivity index (χ0) is 19.5. The van der Waals surface area contributed by atoms with Gasteiger partial charge in [0.15, 0.2) is 12.2 Å². The first-order valence-corrected chi connectivity index (χ1v) is 8.39. The van der Waals surface area contributed by atoms with Crippen molar-refractivity contribution < 1.29 is 34.7 Å². The lowest BCUT2D eigenvalue weighted by Crippen LogP contribution is -2.36. The number of carbonyl (C=O) groups is 1. The minimum absolute atomic E-state index is 0.0568. The van der Waals surface area contributed by atoms with Gasteiger partial charge in [-0.05, 0) is 24.6 Å². The number of hydrogen-bond donors (Lipinski definition) is 4. The molecule has 4 rings (SSSR count). The number of benzene rings is 2. The number of rotatable bonds is 2. The summed E-state index contributed by atoms with van der Waals surface area (Å²) in [6, 6.07) is 5.26. The number of hydrogen-bond acceptors (Lipinski definition) is 7. The standard InChI is InChI=1S/C20H18O7/c1-8(2)13-6-11-14(26-13)7-15-16(17(11)23)18(24)19(25)20(27-15)10-4-3-9(21)5-12(10)22/h3-5,7,13,19-23,25H,1,6H2,2H3/t13-,19-,20-/m1/s1. The Hall–Kier alpha value is -3.19. The summed E-state index contributed by atoms with van der Waals surface area (Å²) < 4.78 is 11.5. The summed E-state index contributed by atoms with van der Waals surface area (Å²) in [6.07, 6.45) is -2.76. The maximum absolute atomic E-state index is 12.7. The summed E-state index contributed by atoms with van der Waals surface area (Å²) in [4.78, 5) is 12.7. The van der Waals surface area contributed by atoms with Crippen LogP contribution in [-0.4, -0.2) is 38.4 Å². The molecule has 0 spiro atoms. The Bertz CT molecular complexity index is 979. The lowest BCUT2D eigenvalue weighted by molar-refractivity contribution is 0.0203. The number of aromatic hydroxyl groups is 3. The molecule has 0 amide bonds. The zero-order valence-electron chi connectivity index (χ0n) is 14.5. The van der Waals surface area contributed by atoms with Crippen LogP contribution < -0.4 is 9.47 Å². The summed E-state index contributed by atoms with van der Waals surface area (Å²) in [5, 5.41) is 40.5. The molecular formula is C20H18O7. The van der Waals surface area contributed by atoms with Crippen molar-refractivity contribution in [3.8, 4) is 28.7 Å². The Morgan fingerprint density at radius 2 is 1.89 bits per heavy atom. The molecule has 2 aromatic rings. The topological polar surface area (TPSA) is 116 Å². The van der Waals surface area contributed by atoms with Crippen LogP contribution in [0, 0.1) is 0 Å². The van der Waals surface area contributed by atoms with Gasteiger partial charge in [-0.2, -0.15) is 0 Å². The van der Waals surface area contributed by atoms with E-state index in [0.29, 0.717) is 17.7 Å². The highest BCUT2D eigenvalue weighted by atomic mass is 16.5. The fraction of sp³-hybridized carbons (Fsp3) is 0.250. The number of aliphatic hydroxyl groups is 1. The van der Waals surface area contributed by atoms with Crippen molar-refractivity contribution in [3.63, 3.8) is 0 Å². The van der Waals surface area contributed by atoms with Crippen molar-refractivity contribution in [2.45, 2.75) is 31.7 Å². The number of ketones is 1. The van der Waals surface area contributed by atoms with E-state index in [2.05, 4.69) is 6.58 Å². The third-order valence-electron chi connectivity index (χ3n) is 4.91. The van der Waals surface area contributed by atoms with Gasteiger partial charge >= 0.3 is 0 Å². The number of carbonyl (C=O) groups excluding carboxylic acids is 1. The normalized spacial score (nSPS) is 23.2. The van der Waals surface area contributed by atoms with Crippen molar-refractivity contribution in [3.05, 3.63) is 53.1 Å². The first kappa shape index (κ1) is 17.2. The van der Waals surface area contributed by atoms with Crippen molar-refractivity contribution >= 4 is 5.78 Å². The molecule has 4 N–H and O–H groups in total. The highest BCUT2D eigenvalue weighted by molar-refractivity contribution is 6.06. The van der Waals surface area contributed by atoms with Gasteiger partial charge in [-0.1, -0.05) is 6.58 Å². The largest absolute Gasteiger partial charge is 0.508 e. The van der Waals surface area contributed by atoms with Crippen LogP contribution in [0.5, 0.6) is 28.7 Å². The fourth-order valence-corrected chi connectivity index (χ4v) is 3.44. The van der Waals surface area contributed by atoms with Gasteiger partial charge < -0.3 is 29.9 Å². The third-order valence-corrected chi connectivity index (χ3v) is 4.91. The van der Waals surface area contributed by atoms with Gasteiger partial charge in [0.1, 0.15) is 40.4 Å². The van der Waals surface area contributed by atoms with Crippen molar-refractivity contribution in [1.82, 2.24) is 0 Å². The van der Waals surface area contributed by atoms with Gasteiger partial charge in [-0.25, -0.2) is 0 Å². The Morgan fingerprint density at radius 1 is 1.15 bits per heavy atom. The minimum Gasteiger partial charge on any atom is -0.508 e. The number of phenols is 3. The van der Waals surface area contributed by atoms with Crippen LogP contribution in [0.3, 0.4) is 0 Å². The fourth-order valence-electron chi connectivity index (χ4n) is 3.44. The molecule has 2 heterocycles. The summed E-state index contributed by atoms with van der Waals surface area (Å²) in [5.74, 6) is -1.03. The molecule has 0 aromatic heterocycles. The molecule has 0 fully saturated rings. The van der Waals surface area contributed by atoms with Crippen LogP contribution in [-0.2, 0) is 6.42 Å². The summed E-state index contributed by atoms with van der Waals surface area (Å²) >= 11 is 0. The van der Waals surface area contributed by atoms with Crippen molar-refractivity contribution in [1.29, 1.82) is 0 Å². The van der Waals surface area contributed by atoms with Crippen LogP contribution >= 0.6 is 0 Å². The predicted octanol–water partition coefficient (Wildman–Crippen LogP) is 2.36. The quantitative estimate of drug-likeness (QED) is 0.600. The van der Waals surface area contributed by atoms with E-state index in [1.807, 2.05) is 6.92 Å². The molecule has 7 heteroatoms. The van der Waals surface area contributed by atoms with E-state index in [1.165, 1.54) is 18.2 Å². The van der Waals surface area contributed by atoms with Crippen molar-refractivity contribution in [2.75, 3.05) is 0 Å². The first-order chi connectivity index (χ1) is 12.8. The lowest BCUT2D eigenvalue weighted by Gasteiger charge is -2.30. The van der Waals surface area contributed by atoms with Crippen LogP contribution in [0.15, 0.2) is 36.4 Å². The van der Waals surface area contributed by atoms with Crippen LogP contribution in [0.25, 0.3) is 0 Å². The Balaban J connectivity index is 1.79. The van der Waals surface area contributed by atoms with Gasteiger partial charge in [-0.3, -0.25) is 4.79 Å². The molecule has 2 aliphatic rings. The molecule has 0 radical (unpaired) electrons. The zero-order valence-corrected chi connectivity index (χ0v) is 14.5. The minimum atomic E-state index is -1.63. The Morgan fingerprint density at radius 3 is 2.56 bits per heavy atom. The van der Waals surface area contributed by atoms with Crippen LogP contribution in [0.4, 0.5) is 0 Å². The Labute approximate surface area is 154 Å². The SMILES string of the molecule is C=C(C)[C@H]1Cc2c(cc3c(c2O)C(=O)[C@@H](O)[C@@H](c2ccc(O)cc2O)O3)O1. The number of phenolic OH excluding ortho intramolecular Hbond substituents is 3. The van der Waals surface area contributed by atoms with Gasteiger partial charge in [0, 0.05) is 29.7 Å². The molecule has 2 aromatic carbocycles. The van der Waals surface area contributed by atoms with Crippen molar-refractivity contribution in [2.24, 2.45) is 0 Å². The Kier molecular flexibility index (Phi) is 3.78. The van der Waals surface area contributed by atoms with Crippen LogP contribution in [0.1, 0.15) is 34.5 Å². The smallest absolute Gasteiger partial charge is 0.202 e. The second-order valence-electron chi connectivity index (χ2n) is 6.82. The summed E-state index contributed by atoms with van der Waals surface area (Å²) in [7, 11) is 0. The monoisotopic (exact) mass is 370 g/mol. The molecule has 27 heavy (non-hydrogen) atoms. The molecule has 0 saturated heterocycles. The number of Topliss-reactive ketones (excluding diaryl/α,β-unsaturated/α-hetero) is 1. The second kappa shape index (κ2) is 5.92. The summed E-state index contributed by atoms with van der Waals surface area (Å²) in [5.41, 5.74) is 1.28. The molecule has 0 bridgehead atoms. The number of ether oxygens (including phenoxy) is 2. The third kappa shape index (κ3) is 2.59. The molecule has 0 unspecified atom stereocenters. The first-order valence-electron chi connectivity index (χ1n) is 8.39. The van der Waals surface area contributed by atoms with Gasteiger partial charge in [0.2, 0.25) is 5.78 Å². The average molecular weight is 370 g/mol. The highest BCUT2D eigenvalue weighted by Gasteiger charge is 2.42. The number of fused-ring (bicyclic) bond motifs is 2. The van der Waals surface area contributed by atoms with Gasteiger partial charge in [0.05, 0.1) is 0 Å². The predicted molar refractivity (Wildman–Crippen MR) is 94.5 cm³/mol. The molecule has 140 valence electrons. The van der Waals surface area contributed by atoms with Crippen LogP contribution in [0.2, 0.25) is 0 Å². The van der Waals surface area contributed by atoms with Gasteiger partial charge in [0.25, 0.3) is 0 Å². The van der Waals surface area contributed by atoms with E-state index in [-0.39, 0.29) is 40.2 Å². The van der Waals surface area contributed by atoms with E-state index in [9.17, 15) is 25.2 Å². The maximum Gasteiger partial charge on any atom is 0.202 e. The maximum atomic E-state index is 12.7. The molecule has 7 nitrogen and oxygen atoms in total. The molecule has 0 saturated carbocycles. The molecule has 2 aliphatic heterocycles. The molecule has 3 atom stereocenters. The molecule has 0 aliphatic carbocycles. The van der Waals surface area contributed by atoms with E-state index in [4.69, 9.17) is 9.47 Å². The average Bonchev–Trinajstić information content (AvgIpc) is 3.03. The van der Waals surface area contributed by atoms with Gasteiger partial charge in [-0.15, -0.1) is 0 Å². The summed E-state index contributed by atoms with van der Waals surface area (Å²) in [6.45, 7) is 5.66. The second-order valence-corrected chi connectivity index (χ2v) is 6.82.